The molecule has 2 aromatic heterocycles. The Hall–Kier alpha value is -4.00. The smallest absolute Gasteiger partial charge is 0.270 e. The number of amides is 2. The molecule has 0 radical (unpaired) electrons. The molecule has 10 heteroatoms. The van der Waals surface area contributed by atoms with Gasteiger partial charge in [0.2, 0.25) is 0 Å². The number of carbonyl (C=O) groups is 2. The molecule has 0 bridgehead atoms. The topological polar surface area (TPSA) is 134 Å². The second-order valence-corrected chi connectivity index (χ2v) is 5.46. The zero-order valence-electron chi connectivity index (χ0n) is 13.3. The summed E-state index contributed by atoms with van der Waals surface area (Å²) in [6.45, 7) is 0.199. The third-order valence-electron chi connectivity index (χ3n) is 3.73. The van der Waals surface area contributed by atoms with Gasteiger partial charge in [-0.15, -0.1) is 0 Å². The first kappa shape index (κ1) is 15.5. The molecule has 0 aliphatic carbocycles. The van der Waals surface area contributed by atoms with Crippen LogP contribution < -0.4 is 15.4 Å². The minimum absolute atomic E-state index is 0.0128. The lowest BCUT2D eigenvalue weighted by Gasteiger charge is -2.18. The van der Waals surface area contributed by atoms with E-state index >= 15 is 0 Å². The highest BCUT2D eigenvalue weighted by Gasteiger charge is 2.17. The molecule has 0 saturated heterocycles. The average molecular weight is 349 g/mol. The van der Waals surface area contributed by atoms with Gasteiger partial charge in [0.1, 0.15) is 29.5 Å². The van der Waals surface area contributed by atoms with E-state index < -0.39 is 5.91 Å². The van der Waals surface area contributed by atoms with E-state index in [-0.39, 0.29) is 36.2 Å². The van der Waals surface area contributed by atoms with E-state index in [2.05, 4.69) is 25.7 Å². The van der Waals surface area contributed by atoms with Crippen LogP contribution in [0.1, 0.15) is 21.7 Å². The van der Waals surface area contributed by atoms with Crippen LogP contribution in [0.15, 0.2) is 30.6 Å². The van der Waals surface area contributed by atoms with Gasteiger partial charge in [0.15, 0.2) is 6.61 Å². The summed E-state index contributed by atoms with van der Waals surface area (Å²) < 4.78 is 6.54. The number of fused-ring (bicyclic) bond motifs is 2. The fourth-order valence-electron chi connectivity index (χ4n) is 2.52. The highest BCUT2D eigenvalue weighted by atomic mass is 16.5. The first-order valence-electron chi connectivity index (χ1n) is 7.59. The van der Waals surface area contributed by atoms with E-state index in [0.29, 0.717) is 11.4 Å². The van der Waals surface area contributed by atoms with Gasteiger partial charge in [0.25, 0.3) is 17.6 Å². The van der Waals surface area contributed by atoms with Crippen molar-refractivity contribution in [2.75, 3.05) is 11.9 Å². The van der Waals surface area contributed by atoms with Gasteiger partial charge in [-0.25, -0.2) is 4.98 Å². The lowest BCUT2D eigenvalue weighted by molar-refractivity contribution is -0.118. The van der Waals surface area contributed by atoms with Crippen molar-refractivity contribution in [3.05, 3.63) is 47.5 Å². The van der Waals surface area contributed by atoms with Crippen molar-refractivity contribution >= 4 is 23.3 Å². The van der Waals surface area contributed by atoms with E-state index in [1.54, 1.807) is 18.2 Å². The van der Waals surface area contributed by atoms with Crippen molar-refractivity contribution in [3.8, 4) is 11.8 Å². The molecule has 3 aromatic rings. The fraction of sp³-hybridized carbons (Fsp3) is 0.125. The molecule has 0 atom stereocenters. The number of hydrogen-bond donors (Lipinski definition) is 2. The molecule has 0 saturated carbocycles. The maximum Gasteiger partial charge on any atom is 0.270 e. The van der Waals surface area contributed by atoms with E-state index in [4.69, 9.17) is 10.00 Å². The molecule has 2 N–H and O–H groups in total. The van der Waals surface area contributed by atoms with Crippen LogP contribution in [0.4, 0.5) is 5.69 Å². The van der Waals surface area contributed by atoms with Crippen molar-refractivity contribution in [3.63, 3.8) is 0 Å². The molecule has 0 fully saturated rings. The number of nitrogens with one attached hydrogen (secondary N) is 2. The van der Waals surface area contributed by atoms with E-state index in [0.717, 1.165) is 5.56 Å². The Kier molecular flexibility index (Phi) is 3.66. The molecule has 26 heavy (non-hydrogen) atoms. The molecule has 10 nitrogen and oxygen atoms in total. The van der Waals surface area contributed by atoms with Crippen molar-refractivity contribution in [2.24, 2.45) is 0 Å². The first-order chi connectivity index (χ1) is 12.6. The highest BCUT2D eigenvalue weighted by Crippen LogP contribution is 2.28. The molecule has 0 unspecified atom stereocenters. The molecule has 128 valence electrons. The average Bonchev–Trinajstić information content (AvgIpc) is 3.13. The normalized spacial score (nSPS) is 12.7. The lowest BCUT2D eigenvalue weighted by atomic mass is 10.1. The Morgan fingerprint density at radius 1 is 1.42 bits per heavy atom. The largest absolute Gasteiger partial charge is 0.482 e. The van der Waals surface area contributed by atoms with Gasteiger partial charge in [-0.05, 0) is 17.7 Å². The standard InChI is InChI=1S/C16H11N7O3/c17-5-10-4-12(22-16-19-8-20-23(10)16)15(25)18-6-9-1-2-13-11(3-9)21-14(24)7-26-13/h1-4,8H,6-7H2,(H,18,25)(H,21,24). The van der Waals surface area contributed by atoms with Crippen LogP contribution in [-0.2, 0) is 11.3 Å². The minimum atomic E-state index is -0.454. The number of aromatic nitrogens is 4. The molecule has 1 aliphatic rings. The molecule has 1 aliphatic heterocycles. The number of rotatable bonds is 3. The zero-order chi connectivity index (χ0) is 18.1. The molecule has 2 amide bonds. The Balaban J connectivity index is 1.52. The van der Waals surface area contributed by atoms with Crippen LogP contribution in [0.3, 0.4) is 0 Å². The first-order valence-corrected chi connectivity index (χ1v) is 7.59. The van der Waals surface area contributed by atoms with Crippen molar-refractivity contribution in [1.29, 1.82) is 5.26 Å². The molecular weight excluding hydrogens is 338 g/mol. The summed E-state index contributed by atoms with van der Waals surface area (Å²) in [5.41, 5.74) is 1.55. The zero-order valence-corrected chi connectivity index (χ0v) is 13.3. The summed E-state index contributed by atoms with van der Waals surface area (Å²) in [5, 5.41) is 18.5. The van der Waals surface area contributed by atoms with Gasteiger partial charge >= 0.3 is 0 Å². The summed E-state index contributed by atoms with van der Waals surface area (Å²) in [6, 6.07) is 8.53. The lowest BCUT2D eigenvalue weighted by Crippen LogP contribution is -2.26. The third-order valence-corrected chi connectivity index (χ3v) is 3.73. The van der Waals surface area contributed by atoms with Crippen LogP contribution in [0.25, 0.3) is 5.78 Å². The van der Waals surface area contributed by atoms with Crippen molar-refractivity contribution in [1.82, 2.24) is 24.9 Å². The summed E-state index contributed by atoms with van der Waals surface area (Å²) in [4.78, 5) is 31.7. The van der Waals surface area contributed by atoms with Gasteiger partial charge in [0.05, 0.1) is 5.69 Å². The summed E-state index contributed by atoms with van der Waals surface area (Å²) in [7, 11) is 0. The number of anilines is 1. The van der Waals surface area contributed by atoms with Crippen LogP contribution in [0.2, 0.25) is 0 Å². The van der Waals surface area contributed by atoms with E-state index in [9.17, 15) is 9.59 Å². The summed E-state index contributed by atoms with van der Waals surface area (Å²) in [5.74, 6) is 0.0682. The van der Waals surface area contributed by atoms with Gasteiger partial charge in [-0.2, -0.15) is 19.9 Å². The Bertz CT molecular complexity index is 1080. The quantitative estimate of drug-likeness (QED) is 0.692. The van der Waals surface area contributed by atoms with Crippen LogP contribution in [-0.4, -0.2) is 38.0 Å². The summed E-state index contributed by atoms with van der Waals surface area (Å²) >= 11 is 0. The number of hydrogen-bond acceptors (Lipinski definition) is 7. The second kappa shape index (κ2) is 6.14. The molecular formula is C16H11N7O3. The number of nitrogens with zero attached hydrogens (tertiary/aromatic N) is 5. The maximum atomic E-state index is 12.4. The van der Waals surface area contributed by atoms with Crippen LogP contribution >= 0.6 is 0 Å². The predicted molar refractivity (Wildman–Crippen MR) is 87.2 cm³/mol. The van der Waals surface area contributed by atoms with Crippen molar-refractivity contribution in [2.45, 2.75) is 6.54 Å². The Labute approximate surface area is 146 Å². The number of benzene rings is 1. The summed E-state index contributed by atoms with van der Waals surface area (Å²) in [6.07, 6.45) is 1.26. The number of nitriles is 1. The molecule has 4 rings (SSSR count). The molecule has 0 spiro atoms. The minimum Gasteiger partial charge on any atom is -0.482 e. The fourth-order valence-corrected chi connectivity index (χ4v) is 2.52. The Morgan fingerprint density at radius 3 is 3.15 bits per heavy atom. The van der Waals surface area contributed by atoms with Crippen LogP contribution in [0.5, 0.6) is 5.75 Å². The van der Waals surface area contributed by atoms with Gasteiger partial charge in [0, 0.05) is 12.6 Å². The maximum absolute atomic E-state index is 12.4. The predicted octanol–water partition coefficient (Wildman–Crippen LogP) is 0.257. The number of ether oxygens (including phenoxy) is 1. The van der Waals surface area contributed by atoms with Crippen LogP contribution in [0, 0.1) is 11.3 Å². The van der Waals surface area contributed by atoms with Crippen molar-refractivity contribution < 1.29 is 14.3 Å². The van der Waals surface area contributed by atoms with Gasteiger partial charge in [-0.1, -0.05) is 6.07 Å². The van der Waals surface area contributed by atoms with E-state index in [1.807, 2.05) is 6.07 Å². The number of carbonyl (C=O) groups excluding carboxylic acids is 2. The third kappa shape index (κ3) is 2.78. The van der Waals surface area contributed by atoms with Gasteiger partial charge < -0.3 is 15.4 Å². The second-order valence-electron chi connectivity index (χ2n) is 5.46. The molecule has 3 heterocycles. The SMILES string of the molecule is N#Cc1cc(C(=O)NCc2ccc3c(c2)NC(=O)CO3)nc2ncnn12. The highest BCUT2D eigenvalue weighted by molar-refractivity contribution is 5.95. The molecule has 1 aromatic carbocycles. The van der Waals surface area contributed by atoms with Gasteiger partial charge in [-0.3, -0.25) is 9.59 Å². The Morgan fingerprint density at radius 2 is 2.31 bits per heavy atom. The van der Waals surface area contributed by atoms with E-state index in [1.165, 1.54) is 16.9 Å². The monoisotopic (exact) mass is 349 g/mol.